The quantitative estimate of drug-likeness (QED) is 0.178. The number of benzene rings is 9. The van der Waals surface area contributed by atoms with Crippen molar-refractivity contribution in [1.29, 1.82) is 0 Å². The molecule has 296 valence electrons. The third-order valence-electron chi connectivity index (χ3n) is 13.6. The summed E-state index contributed by atoms with van der Waals surface area (Å²) in [6, 6.07) is 71.7. The van der Waals surface area contributed by atoms with Gasteiger partial charge in [-0.1, -0.05) is 140 Å². The average Bonchev–Trinajstić information content (AvgIpc) is 4.16. The zero-order valence-corrected chi connectivity index (χ0v) is 34.2. The number of fused-ring (bicyclic) bond motifs is 16. The first-order valence-corrected chi connectivity index (χ1v) is 21.7. The van der Waals surface area contributed by atoms with Crippen LogP contribution in [0.4, 0.5) is 0 Å². The molecular formula is C58H33N5O. The van der Waals surface area contributed by atoms with Gasteiger partial charge in [0.15, 0.2) is 11.6 Å². The van der Waals surface area contributed by atoms with E-state index in [1.807, 2.05) is 12.1 Å². The lowest BCUT2D eigenvalue weighted by molar-refractivity contribution is 0.653. The van der Waals surface area contributed by atoms with E-state index in [9.17, 15) is 0 Å². The monoisotopic (exact) mass is 815 g/mol. The van der Waals surface area contributed by atoms with Crippen molar-refractivity contribution in [2.45, 2.75) is 0 Å². The molecular weight excluding hydrogens is 783 g/mol. The summed E-state index contributed by atoms with van der Waals surface area (Å²) in [7, 11) is 0. The molecule has 64 heavy (non-hydrogen) atoms. The first-order chi connectivity index (χ1) is 31.8. The number of para-hydroxylation sites is 5. The number of rotatable bonds is 4. The van der Waals surface area contributed by atoms with Gasteiger partial charge in [0.1, 0.15) is 5.58 Å². The fourth-order valence-electron chi connectivity index (χ4n) is 10.9. The Balaban J connectivity index is 1.12. The van der Waals surface area contributed by atoms with E-state index in [0.29, 0.717) is 11.5 Å². The molecule has 0 saturated heterocycles. The fraction of sp³-hybridized carbons (Fsp3) is 0. The molecule has 0 bridgehead atoms. The first kappa shape index (κ1) is 33.9. The van der Waals surface area contributed by atoms with Gasteiger partial charge in [-0.15, -0.1) is 0 Å². The molecule has 0 fully saturated rings. The van der Waals surface area contributed by atoms with Crippen LogP contribution in [0.15, 0.2) is 205 Å². The van der Waals surface area contributed by atoms with Crippen LogP contribution in [-0.2, 0) is 0 Å². The highest BCUT2D eigenvalue weighted by molar-refractivity contribution is 6.34. The van der Waals surface area contributed by atoms with Gasteiger partial charge in [-0.05, 0) is 71.8 Å². The molecule has 0 unspecified atom stereocenters. The zero-order chi connectivity index (χ0) is 41.6. The molecule has 0 atom stereocenters. The molecule has 15 rings (SSSR count). The minimum atomic E-state index is 0.549. The molecule has 0 aliphatic rings. The summed E-state index contributed by atoms with van der Waals surface area (Å²) < 4.78 is 14.0. The third-order valence-corrected chi connectivity index (χ3v) is 13.6. The second-order valence-electron chi connectivity index (χ2n) is 16.9. The van der Waals surface area contributed by atoms with Crippen LogP contribution in [0.1, 0.15) is 0 Å². The molecule has 15 aromatic rings. The normalized spacial score (nSPS) is 12.4. The molecule has 0 saturated carbocycles. The van der Waals surface area contributed by atoms with Gasteiger partial charge in [0.05, 0.1) is 44.0 Å². The van der Waals surface area contributed by atoms with Crippen molar-refractivity contribution < 1.29 is 4.42 Å². The molecule has 6 heteroatoms. The summed E-state index contributed by atoms with van der Waals surface area (Å²) in [5.41, 5.74) is 13.7. The van der Waals surface area contributed by atoms with E-state index in [1.54, 1.807) is 0 Å². The lowest BCUT2D eigenvalue weighted by Crippen LogP contribution is -2.02. The van der Waals surface area contributed by atoms with Gasteiger partial charge in [0, 0.05) is 59.7 Å². The van der Waals surface area contributed by atoms with E-state index in [4.69, 9.17) is 14.4 Å². The Morgan fingerprint density at radius 3 is 1.77 bits per heavy atom. The number of hydrogen-bond donors (Lipinski definition) is 0. The predicted octanol–water partition coefficient (Wildman–Crippen LogP) is 15.1. The van der Waals surface area contributed by atoms with Crippen molar-refractivity contribution >= 4 is 104 Å². The van der Waals surface area contributed by atoms with Crippen LogP contribution in [-0.4, -0.2) is 23.5 Å². The highest BCUT2D eigenvalue weighted by atomic mass is 16.3. The van der Waals surface area contributed by atoms with Crippen molar-refractivity contribution in [2.24, 2.45) is 0 Å². The Bertz CT molecular complexity index is 4420. The van der Waals surface area contributed by atoms with Crippen LogP contribution in [0.5, 0.6) is 0 Å². The Labute approximate surface area is 364 Å². The number of furan rings is 1. The zero-order valence-electron chi connectivity index (χ0n) is 34.2. The van der Waals surface area contributed by atoms with Crippen molar-refractivity contribution in [3.05, 3.63) is 200 Å². The van der Waals surface area contributed by atoms with Gasteiger partial charge < -0.3 is 13.4 Å². The molecule has 6 heterocycles. The van der Waals surface area contributed by atoms with Gasteiger partial charge in [0.2, 0.25) is 5.71 Å². The smallest absolute Gasteiger partial charge is 0.233 e. The van der Waals surface area contributed by atoms with Gasteiger partial charge in [0.25, 0.3) is 0 Å². The molecule has 0 amide bonds. The molecule has 0 aliphatic carbocycles. The number of aromatic nitrogens is 5. The Kier molecular flexibility index (Phi) is 6.59. The second-order valence-corrected chi connectivity index (χ2v) is 16.9. The molecule has 0 aliphatic heterocycles. The highest BCUT2D eigenvalue weighted by Gasteiger charge is 2.28. The van der Waals surface area contributed by atoms with E-state index in [1.165, 1.54) is 59.8 Å². The third kappa shape index (κ3) is 4.43. The minimum absolute atomic E-state index is 0.549. The molecule has 6 aromatic heterocycles. The summed E-state index contributed by atoms with van der Waals surface area (Å²) in [5.74, 6) is 1.37. The van der Waals surface area contributed by atoms with E-state index in [-0.39, 0.29) is 0 Å². The van der Waals surface area contributed by atoms with Crippen LogP contribution in [0, 0.1) is 0 Å². The van der Waals surface area contributed by atoms with E-state index >= 15 is 0 Å². The number of nitrogens with zero attached hydrogens (tertiary/aromatic N) is 5. The number of hydrogen-bond acceptors (Lipinski definition) is 3. The van der Waals surface area contributed by atoms with E-state index in [2.05, 4.69) is 202 Å². The van der Waals surface area contributed by atoms with Crippen LogP contribution >= 0.6 is 0 Å². The molecule has 9 aromatic carbocycles. The maximum atomic E-state index is 6.74. The van der Waals surface area contributed by atoms with Gasteiger partial charge in [-0.2, -0.15) is 4.98 Å². The SMILES string of the molecule is c1ccc(-c2ccc3c(c2)c2cc4c5ccccc5n5c6ccccc6c(c2n3-c2nc(-c3ccc6c7ccccc7n(-c7ccccc7)c6c3)nc3oc6ccccc6c23)c45)cc1. The lowest BCUT2D eigenvalue weighted by Gasteiger charge is -2.12. The lowest BCUT2D eigenvalue weighted by atomic mass is 10.0. The Hall–Kier alpha value is -8.74. The van der Waals surface area contributed by atoms with Crippen molar-refractivity contribution in [1.82, 2.24) is 23.5 Å². The van der Waals surface area contributed by atoms with E-state index < -0.39 is 0 Å². The molecule has 0 radical (unpaired) electrons. The maximum absolute atomic E-state index is 6.74. The maximum Gasteiger partial charge on any atom is 0.233 e. The van der Waals surface area contributed by atoms with Gasteiger partial charge in [-0.25, -0.2) is 4.98 Å². The standard InChI is InChI=1S/C58H33N5O/c1-3-15-34(16-4-1)35-28-30-49-43(31-35)45-33-44-39-20-8-12-24-47(39)62-48-25-13-9-21-41(48)52(54(44)62)55(45)63(49)57-53-42-22-10-14-26-51(42)64-58(53)60-56(59-57)36-27-29-40-38-19-7-11-23-46(38)61(50(40)32-36)37-17-5-2-6-18-37/h1-33H. The van der Waals surface area contributed by atoms with Crippen molar-refractivity contribution in [3.63, 3.8) is 0 Å². The summed E-state index contributed by atoms with van der Waals surface area (Å²) in [4.78, 5) is 11.0. The highest BCUT2D eigenvalue weighted by Crippen LogP contribution is 2.48. The van der Waals surface area contributed by atoms with E-state index in [0.717, 1.165) is 66.4 Å². The Morgan fingerprint density at radius 1 is 0.344 bits per heavy atom. The topological polar surface area (TPSA) is 53.2 Å². The summed E-state index contributed by atoms with van der Waals surface area (Å²) in [6.45, 7) is 0. The fourth-order valence-corrected chi connectivity index (χ4v) is 10.9. The van der Waals surface area contributed by atoms with Crippen LogP contribution in [0.3, 0.4) is 0 Å². The van der Waals surface area contributed by atoms with Gasteiger partial charge in [-0.3, -0.25) is 4.57 Å². The summed E-state index contributed by atoms with van der Waals surface area (Å²) in [5, 5.41) is 11.4. The van der Waals surface area contributed by atoms with Crippen molar-refractivity contribution in [3.8, 4) is 34.0 Å². The molecule has 6 nitrogen and oxygen atoms in total. The van der Waals surface area contributed by atoms with Gasteiger partial charge >= 0.3 is 0 Å². The average molecular weight is 816 g/mol. The predicted molar refractivity (Wildman–Crippen MR) is 264 cm³/mol. The second kappa shape index (κ2) is 12.4. The summed E-state index contributed by atoms with van der Waals surface area (Å²) in [6.07, 6.45) is 0. The molecule has 0 spiro atoms. The first-order valence-electron chi connectivity index (χ1n) is 21.7. The minimum Gasteiger partial charge on any atom is -0.437 e. The van der Waals surface area contributed by atoms with Crippen LogP contribution in [0.2, 0.25) is 0 Å². The molecule has 0 N–H and O–H groups in total. The van der Waals surface area contributed by atoms with Crippen LogP contribution < -0.4 is 0 Å². The van der Waals surface area contributed by atoms with Crippen LogP contribution in [0.25, 0.3) is 138 Å². The Morgan fingerprint density at radius 2 is 0.953 bits per heavy atom. The summed E-state index contributed by atoms with van der Waals surface area (Å²) >= 11 is 0. The van der Waals surface area contributed by atoms with Crippen molar-refractivity contribution in [2.75, 3.05) is 0 Å². The largest absolute Gasteiger partial charge is 0.437 e.